The summed E-state index contributed by atoms with van der Waals surface area (Å²) in [7, 11) is 0. The van der Waals surface area contributed by atoms with Crippen LogP contribution in [0.15, 0.2) is 36.4 Å². The third-order valence-corrected chi connectivity index (χ3v) is 3.44. The molecular weight excluding hydrogens is 271 g/mol. The number of pyridine rings is 1. The standard InChI is InChI=1S/C15H15FN4O/c16-11-4-2-10(3-5-11)13-7-6-12(17)14(18-13)19-15(21)20-8-1-9-20/h2-7H,1,8-9,17H2,(H,18,19,21). The molecule has 2 heterocycles. The highest BCUT2D eigenvalue weighted by Crippen LogP contribution is 2.24. The molecule has 0 unspecified atom stereocenters. The van der Waals surface area contributed by atoms with Crippen LogP contribution in [-0.4, -0.2) is 29.0 Å². The summed E-state index contributed by atoms with van der Waals surface area (Å²) in [6.07, 6.45) is 1.02. The zero-order valence-electron chi connectivity index (χ0n) is 11.3. The lowest BCUT2D eigenvalue weighted by Crippen LogP contribution is -2.44. The molecule has 1 fully saturated rings. The van der Waals surface area contributed by atoms with Gasteiger partial charge in [-0.2, -0.15) is 0 Å². The van der Waals surface area contributed by atoms with Gasteiger partial charge in [-0.1, -0.05) is 0 Å². The van der Waals surface area contributed by atoms with Gasteiger partial charge in [0.1, 0.15) is 5.82 Å². The van der Waals surface area contributed by atoms with Crippen molar-refractivity contribution >= 4 is 17.5 Å². The number of nitrogens with two attached hydrogens (primary N) is 1. The number of anilines is 2. The van der Waals surface area contributed by atoms with Gasteiger partial charge in [0.25, 0.3) is 0 Å². The number of hydrogen-bond donors (Lipinski definition) is 2. The number of halogens is 1. The van der Waals surface area contributed by atoms with E-state index in [9.17, 15) is 9.18 Å². The Morgan fingerprint density at radius 3 is 2.52 bits per heavy atom. The average molecular weight is 286 g/mol. The van der Waals surface area contributed by atoms with Crippen LogP contribution in [0.5, 0.6) is 0 Å². The molecule has 0 spiro atoms. The topological polar surface area (TPSA) is 71.2 Å². The molecule has 2 aromatic rings. The fourth-order valence-electron chi connectivity index (χ4n) is 2.05. The summed E-state index contributed by atoms with van der Waals surface area (Å²) < 4.78 is 12.9. The van der Waals surface area contributed by atoms with E-state index in [0.29, 0.717) is 17.2 Å². The molecule has 5 nitrogen and oxygen atoms in total. The summed E-state index contributed by atoms with van der Waals surface area (Å²) >= 11 is 0. The molecule has 1 saturated heterocycles. The maximum absolute atomic E-state index is 12.9. The molecule has 0 radical (unpaired) electrons. The zero-order chi connectivity index (χ0) is 14.8. The molecule has 0 bridgehead atoms. The van der Waals surface area contributed by atoms with Gasteiger partial charge in [-0.15, -0.1) is 0 Å². The number of urea groups is 1. The van der Waals surface area contributed by atoms with Gasteiger partial charge in [-0.05, 0) is 42.8 Å². The fraction of sp³-hybridized carbons (Fsp3) is 0.200. The molecule has 108 valence electrons. The van der Waals surface area contributed by atoms with Gasteiger partial charge in [0.05, 0.1) is 11.4 Å². The van der Waals surface area contributed by atoms with E-state index >= 15 is 0 Å². The maximum atomic E-state index is 12.9. The largest absolute Gasteiger partial charge is 0.396 e. The summed E-state index contributed by atoms with van der Waals surface area (Å²) in [4.78, 5) is 17.9. The molecule has 1 aromatic heterocycles. The highest BCUT2D eigenvalue weighted by atomic mass is 19.1. The molecular formula is C15H15FN4O. The van der Waals surface area contributed by atoms with Crippen LogP contribution in [0.1, 0.15) is 6.42 Å². The first-order valence-electron chi connectivity index (χ1n) is 6.72. The normalized spacial score (nSPS) is 13.7. The van der Waals surface area contributed by atoms with Crippen LogP contribution in [0.25, 0.3) is 11.3 Å². The number of nitrogens with zero attached hydrogens (tertiary/aromatic N) is 2. The Labute approximate surface area is 121 Å². The van der Waals surface area contributed by atoms with Crippen molar-refractivity contribution in [3.63, 3.8) is 0 Å². The van der Waals surface area contributed by atoms with Crippen molar-refractivity contribution in [2.45, 2.75) is 6.42 Å². The summed E-state index contributed by atoms with van der Waals surface area (Å²) in [5, 5.41) is 2.71. The SMILES string of the molecule is Nc1ccc(-c2ccc(F)cc2)nc1NC(=O)N1CCC1. The predicted molar refractivity (Wildman–Crippen MR) is 79.3 cm³/mol. The summed E-state index contributed by atoms with van der Waals surface area (Å²) in [5.41, 5.74) is 7.63. The second-order valence-electron chi connectivity index (χ2n) is 4.91. The number of hydrogen-bond acceptors (Lipinski definition) is 3. The number of carbonyl (C=O) groups excluding carboxylic acids is 1. The van der Waals surface area contributed by atoms with E-state index in [2.05, 4.69) is 10.3 Å². The van der Waals surface area contributed by atoms with Gasteiger partial charge in [-0.3, -0.25) is 5.32 Å². The van der Waals surface area contributed by atoms with E-state index in [1.807, 2.05) is 0 Å². The predicted octanol–water partition coefficient (Wildman–Crippen LogP) is 2.71. The van der Waals surface area contributed by atoms with Gasteiger partial charge >= 0.3 is 6.03 Å². The highest BCUT2D eigenvalue weighted by molar-refractivity contribution is 5.92. The van der Waals surface area contributed by atoms with Crippen LogP contribution in [0, 0.1) is 5.82 Å². The van der Waals surface area contributed by atoms with Crippen LogP contribution in [0.4, 0.5) is 20.7 Å². The molecule has 1 aromatic carbocycles. The van der Waals surface area contributed by atoms with Crippen LogP contribution in [0.3, 0.4) is 0 Å². The van der Waals surface area contributed by atoms with Gasteiger partial charge in [0.2, 0.25) is 0 Å². The molecule has 21 heavy (non-hydrogen) atoms. The van der Waals surface area contributed by atoms with E-state index in [4.69, 9.17) is 5.73 Å². The van der Waals surface area contributed by atoms with Gasteiger partial charge < -0.3 is 10.6 Å². The molecule has 3 rings (SSSR count). The lowest BCUT2D eigenvalue weighted by molar-refractivity contribution is 0.181. The molecule has 0 saturated carbocycles. The minimum absolute atomic E-state index is 0.197. The number of rotatable bonds is 2. The van der Waals surface area contributed by atoms with Gasteiger partial charge in [-0.25, -0.2) is 14.2 Å². The van der Waals surface area contributed by atoms with E-state index in [1.165, 1.54) is 12.1 Å². The molecule has 1 aliphatic heterocycles. The van der Waals surface area contributed by atoms with Crippen LogP contribution < -0.4 is 11.1 Å². The fourth-order valence-corrected chi connectivity index (χ4v) is 2.05. The van der Waals surface area contributed by atoms with E-state index < -0.39 is 0 Å². The number of aromatic nitrogens is 1. The average Bonchev–Trinajstić information content (AvgIpc) is 2.40. The van der Waals surface area contributed by atoms with Crippen molar-refractivity contribution in [3.8, 4) is 11.3 Å². The lowest BCUT2D eigenvalue weighted by Gasteiger charge is -2.30. The van der Waals surface area contributed by atoms with Crippen molar-refractivity contribution in [2.24, 2.45) is 0 Å². The monoisotopic (exact) mass is 286 g/mol. The van der Waals surface area contributed by atoms with E-state index in [0.717, 1.165) is 25.1 Å². The van der Waals surface area contributed by atoms with Gasteiger partial charge in [0.15, 0.2) is 5.82 Å². The van der Waals surface area contributed by atoms with E-state index in [-0.39, 0.29) is 11.8 Å². The number of benzene rings is 1. The van der Waals surface area contributed by atoms with Crippen molar-refractivity contribution in [1.82, 2.24) is 9.88 Å². The second kappa shape index (κ2) is 5.40. The molecule has 0 atom stereocenters. The summed E-state index contributed by atoms with van der Waals surface area (Å²) in [5.74, 6) is 0.0224. The second-order valence-corrected chi connectivity index (χ2v) is 4.91. The number of amides is 2. The minimum Gasteiger partial charge on any atom is -0.396 e. The van der Waals surface area contributed by atoms with Crippen molar-refractivity contribution in [2.75, 3.05) is 24.1 Å². The zero-order valence-corrected chi connectivity index (χ0v) is 11.3. The third kappa shape index (κ3) is 2.79. The van der Waals surface area contributed by atoms with Crippen molar-refractivity contribution in [3.05, 3.63) is 42.2 Å². The smallest absolute Gasteiger partial charge is 0.323 e. The third-order valence-electron chi connectivity index (χ3n) is 3.44. The minimum atomic E-state index is -0.305. The molecule has 0 aliphatic carbocycles. The first-order valence-corrected chi connectivity index (χ1v) is 6.72. The van der Waals surface area contributed by atoms with Crippen LogP contribution in [-0.2, 0) is 0 Å². The molecule has 2 amide bonds. The Kier molecular flexibility index (Phi) is 3.43. The van der Waals surface area contributed by atoms with E-state index in [1.54, 1.807) is 29.2 Å². The summed E-state index contributed by atoms with van der Waals surface area (Å²) in [6, 6.07) is 9.22. The Bertz CT molecular complexity index is 668. The lowest BCUT2D eigenvalue weighted by atomic mass is 10.1. The molecule has 3 N–H and O–H groups in total. The molecule has 6 heteroatoms. The number of nitrogens with one attached hydrogen (secondary N) is 1. The van der Waals surface area contributed by atoms with Crippen molar-refractivity contribution < 1.29 is 9.18 Å². The van der Waals surface area contributed by atoms with Crippen molar-refractivity contribution in [1.29, 1.82) is 0 Å². The first-order chi connectivity index (χ1) is 10.1. The number of likely N-dealkylation sites (tertiary alicyclic amines) is 1. The maximum Gasteiger partial charge on any atom is 0.323 e. The highest BCUT2D eigenvalue weighted by Gasteiger charge is 2.21. The molecule has 1 aliphatic rings. The van der Waals surface area contributed by atoms with Gasteiger partial charge in [0, 0.05) is 18.7 Å². The number of nitrogen functional groups attached to an aromatic ring is 1. The summed E-state index contributed by atoms with van der Waals surface area (Å²) in [6.45, 7) is 1.51. The number of carbonyl (C=O) groups is 1. The van der Waals surface area contributed by atoms with Crippen LogP contribution in [0.2, 0.25) is 0 Å². The quantitative estimate of drug-likeness (QED) is 0.891. The Hall–Kier alpha value is -2.63. The Morgan fingerprint density at radius 1 is 1.19 bits per heavy atom. The first kappa shape index (κ1) is 13.4. The Morgan fingerprint density at radius 2 is 1.90 bits per heavy atom. The van der Waals surface area contributed by atoms with Crippen LogP contribution >= 0.6 is 0 Å². The Balaban J connectivity index is 1.85.